The summed E-state index contributed by atoms with van der Waals surface area (Å²) >= 11 is 0. The second kappa shape index (κ2) is 16.3. The zero-order valence-electron chi connectivity index (χ0n) is 36.5. The predicted octanol–water partition coefficient (Wildman–Crippen LogP) is 15.2. The topological polar surface area (TPSA) is 94.1 Å². The minimum atomic E-state index is 0.514. The minimum absolute atomic E-state index is 0.514. The van der Waals surface area contributed by atoms with Crippen molar-refractivity contribution in [1.82, 2.24) is 14.1 Å². The quantitative estimate of drug-likeness (QED) is 0.159. The van der Waals surface area contributed by atoms with Crippen molar-refractivity contribution in [2.24, 2.45) is 0 Å². The van der Waals surface area contributed by atoms with Crippen LogP contribution in [-0.4, -0.2) is 14.1 Å². The van der Waals surface area contributed by atoms with Crippen molar-refractivity contribution in [2.75, 3.05) is 0 Å². The number of benzene rings is 9. The normalized spacial score (nSPS) is 11.2. The summed E-state index contributed by atoms with van der Waals surface area (Å²) in [5.74, 6) is 0. The van der Waals surface area contributed by atoms with E-state index in [-0.39, 0.29) is 0 Å². The summed E-state index contributed by atoms with van der Waals surface area (Å²) in [5, 5.41) is 34.4. The van der Waals surface area contributed by atoms with E-state index in [2.05, 4.69) is 149 Å². The lowest BCUT2D eigenvalue weighted by Crippen LogP contribution is -2.05. The standard InChI is InChI=1S/C62H36N6/c63-37-40-19-23-43(24-20-40)47-27-29-58-52(33-47)50-15-7-9-17-56(50)67(58)60-31-42(39-65)32-61(62(60)49-35-54(45-11-3-1-4-12-45)66-55(36-49)46-13-5-2-6-14-46)68-57-18-10-8-16-51(57)53-34-48(28-30-59(53)68)44-25-21-41(38-64)22-26-44/h1-36H. The molecule has 68 heavy (non-hydrogen) atoms. The van der Waals surface area contributed by atoms with Gasteiger partial charge in [0.1, 0.15) is 0 Å². The van der Waals surface area contributed by atoms with E-state index in [4.69, 9.17) is 4.98 Å². The number of para-hydroxylation sites is 2. The summed E-state index contributed by atoms with van der Waals surface area (Å²) in [6.45, 7) is 0. The molecular formula is C62H36N6. The number of hydrogen-bond acceptors (Lipinski definition) is 4. The molecule has 0 aliphatic carbocycles. The molecule has 6 heteroatoms. The zero-order chi connectivity index (χ0) is 45.7. The van der Waals surface area contributed by atoms with Crippen LogP contribution in [0.15, 0.2) is 218 Å². The number of rotatable bonds is 7. The molecule has 12 aromatic rings. The molecule has 6 nitrogen and oxygen atoms in total. The Labute approximate surface area is 392 Å². The van der Waals surface area contributed by atoms with Crippen LogP contribution in [-0.2, 0) is 0 Å². The van der Waals surface area contributed by atoms with Crippen LogP contribution >= 0.6 is 0 Å². The molecule has 314 valence electrons. The molecule has 0 amide bonds. The molecule has 3 aromatic heterocycles. The summed E-state index contributed by atoms with van der Waals surface area (Å²) in [5.41, 5.74) is 17.0. The van der Waals surface area contributed by atoms with Crippen molar-refractivity contribution in [1.29, 1.82) is 15.8 Å². The van der Waals surface area contributed by atoms with Crippen LogP contribution in [0.1, 0.15) is 16.7 Å². The van der Waals surface area contributed by atoms with Crippen LogP contribution in [0.25, 0.3) is 111 Å². The summed E-state index contributed by atoms with van der Waals surface area (Å²) in [6, 6.07) is 81.5. The van der Waals surface area contributed by atoms with Gasteiger partial charge in [-0.25, -0.2) is 4.98 Å². The molecule has 0 saturated carbocycles. The Morgan fingerprint density at radius 1 is 0.294 bits per heavy atom. The van der Waals surface area contributed by atoms with Crippen LogP contribution in [0, 0.1) is 34.0 Å². The van der Waals surface area contributed by atoms with Crippen molar-refractivity contribution in [3.05, 3.63) is 235 Å². The second-order valence-electron chi connectivity index (χ2n) is 16.9. The van der Waals surface area contributed by atoms with Gasteiger partial charge in [-0.1, -0.05) is 133 Å². The molecule has 3 heterocycles. The highest BCUT2D eigenvalue weighted by Crippen LogP contribution is 2.45. The molecule has 0 bridgehead atoms. The van der Waals surface area contributed by atoms with Crippen molar-refractivity contribution in [2.45, 2.75) is 0 Å². The first-order valence-electron chi connectivity index (χ1n) is 22.4. The number of hydrogen-bond donors (Lipinski definition) is 0. The van der Waals surface area contributed by atoms with Crippen LogP contribution in [0.2, 0.25) is 0 Å². The van der Waals surface area contributed by atoms with Crippen molar-refractivity contribution < 1.29 is 0 Å². The molecule has 0 atom stereocenters. The highest BCUT2D eigenvalue weighted by molar-refractivity contribution is 6.13. The summed E-state index contributed by atoms with van der Waals surface area (Å²) in [4.78, 5) is 5.31. The van der Waals surface area contributed by atoms with Gasteiger partial charge in [0.2, 0.25) is 0 Å². The van der Waals surface area contributed by atoms with E-state index in [9.17, 15) is 15.8 Å². The molecule has 0 aliphatic rings. The van der Waals surface area contributed by atoms with E-state index in [1.54, 1.807) is 0 Å². The molecule has 12 rings (SSSR count). The largest absolute Gasteiger partial charge is 0.308 e. The molecule has 0 fully saturated rings. The monoisotopic (exact) mass is 864 g/mol. The Morgan fingerprint density at radius 2 is 0.676 bits per heavy atom. The molecule has 0 spiro atoms. The molecule has 0 unspecified atom stereocenters. The fourth-order valence-corrected chi connectivity index (χ4v) is 9.81. The summed E-state index contributed by atoms with van der Waals surface area (Å²) in [7, 11) is 0. The fraction of sp³-hybridized carbons (Fsp3) is 0. The zero-order valence-corrected chi connectivity index (χ0v) is 36.5. The lowest BCUT2D eigenvalue weighted by molar-refractivity contribution is 1.13. The van der Waals surface area contributed by atoms with Gasteiger partial charge in [-0.05, 0) is 113 Å². The molecule has 0 radical (unpaired) electrons. The van der Waals surface area contributed by atoms with E-state index in [1.807, 2.05) is 97.1 Å². The molecule has 0 N–H and O–H groups in total. The highest BCUT2D eigenvalue weighted by atomic mass is 15.0. The maximum atomic E-state index is 11.1. The maximum absolute atomic E-state index is 11.1. The van der Waals surface area contributed by atoms with Gasteiger partial charge >= 0.3 is 0 Å². The number of aromatic nitrogens is 3. The summed E-state index contributed by atoms with van der Waals surface area (Å²) < 4.78 is 4.63. The molecule has 0 aliphatic heterocycles. The van der Waals surface area contributed by atoms with Gasteiger partial charge in [0.05, 0.1) is 79.7 Å². The fourth-order valence-electron chi connectivity index (χ4n) is 9.81. The summed E-state index contributed by atoms with van der Waals surface area (Å²) in [6.07, 6.45) is 0. The van der Waals surface area contributed by atoms with Gasteiger partial charge in [0, 0.05) is 38.2 Å². The average Bonchev–Trinajstić information content (AvgIpc) is 3.93. The predicted molar refractivity (Wildman–Crippen MR) is 274 cm³/mol. The number of nitriles is 3. The lowest BCUT2D eigenvalue weighted by Gasteiger charge is -2.22. The number of pyridine rings is 1. The third kappa shape index (κ3) is 6.67. The first kappa shape index (κ1) is 39.8. The Bertz CT molecular complexity index is 3830. The van der Waals surface area contributed by atoms with Gasteiger partial charge in [-0.3, -0.25) is 0 Å². The number of fused-ring (bicyclic) bond motifs is 6. The molecule has 0 saturated heterocycles. The van der Waals surface area contributed by atoms with Gasteiger partial charge in [-0.2, -0.15) is 15.8 Å². The SMILES string of the molecule is N#Cc1ccc(-c2ccc3c(c2)c2ccccc2n3-c2cc(C#N)cc(-n3c4ccccc4c4cc(-c5ccc(C#N)cc5)ccc43)c2-c2cc(-c3ccccc3)nc(-c3ccccc3)c2)cc1. The molecule has 9 aromatic carbocycles. The van der Waals surface area contributed by atoms with E-state index in [0.29, 0.717) is 16.7 Å². The highest BCUT2D eigenvalue weighted by Gasteiger charge is 2.25. The second-order valence-corrected chi connectivity index (χ2v) is 16.9. The Balaban J connectivity index is 1.21. The molecular weight excluding hydrogens is 829 g/mol. The van der Waals surface area contributed by atoms with E-state index in [1.165, 1.54) is 0 Å². The van der Waals surface area contributed by atoms with Gasteiger partial charge in [-0.15, -0.1) is 0 Å². The maximum Gasteiger partial charge on any atom is 0.0993 e. The Kier molecular flexibility index (Phi) is 9.55. The van der Waals surface area contributed by atoms with Crippen molar-refractivity contribution in [3.8, 4) is 85.5 Å². The van der Waals surface area contributed by atoms with Gasteiger partial charge in [0.25, 0.3) is 0 Å². The van der Waals surface area contributed by atoms with Crippen molar-refractivity contribution >= 4 is 43.6 Å². The Hall–Kier alpha value is -9.80. The van der Waals surface area contributed by atoms with Crippen LogP contribution in [0.3, 0.4) is 0 Å². The third-order valence-corrected chi connectivity index (χ3v) is 13.0. The first-order chi connectivity index (χ1) is 33.6. The van der Waals surface area contributed by atoms with E-state index in [0.717, 1.165) is 111 Å². The van der Waals surface area contributed by atoms with Gasteiger partial charge in [0.15, 0.2) is 0 Å². The average molecular weight is 865 g/mol. The van der Waals surface area contributed by atoms with Crippen LogP contribution in [0.5, 0.6) is 0 Å². The minimum Gasteiger partial charge on any atom is -0.308 e. The number of nitrogens with zero attached hydrogens (tertiary/aromatic N) is 6. The third-order valence-electron chi connectivity index (χ3n) is 13.0. The first-order valence-corrected chi connectivity index (χ1v) is 22.4. The van der Waals surface area contributed by atoms with Gasteiger partial charge < -0.3 is 9.13 Å². The van der Waals surface area contributed by atoms with Crippen molar-refractivity contribution in [3.63, 3.8) is 0 Å². The van der Waals surface area contributed by atoms with E-state index >= 15 is 0 Å². The van der Waals surface area contributed by atoms with E-state index < -0.39 is 0 Å². The van der Waals surface area contributed by atoms with Crippen LogP contribution < -0.4 is 0 Å². The van der Waals surface area contributed by atoms with Crippen LogP contribution in [0.4, 0.5) is 0 Å². The smallest absolute Gasteiger partial charge is 0.0993 e. The lowest BCUT2D eigenvalue weighted by atomic mass is 9.95. The Morgan fingerprint density at radius 3 is 1.10 bits per heavy atom.